The second kappa shape index (κ2) is 4.14. The van der Waals surface area contributed by atoms with E-state index in [2.05, 4.69) is 35.5 Å². The number of rotatable bonds is 3. The zero-order valence-corrected chi connectivity index (χ0v) is 9.75. The third kappa shape index (κ3) is 1.65. The Morgan fingerprint density at radius 2 is 2.12 bits per heavy atom. The van der Waals surface area contributed by atoms with Crippen LogP contribution in [0.1, 0.15) is 25.8 Å². The fraction of sp³-hybridized carbons (Fsp3) is 0.417. The number of hydrogen-bond acceptors (Lipinski definition) is 4. The van der Waals surface area contributed by atoms with Gasteiger partial charge in [-0.2, -0.15) is 0 Å². The molecule has 1 heterocycles. The van der Waals surface area contributed by atoms with Crippen molar-refractivity contribution in [1.82, 2.24) is 5.32 Å². The van der Waals surface area contributed by atoms with Crippen LogP contribution in [0.2, 0.25) is 0 Å². The second-order valence-corrected chi connectivity index (χ2v) is 3.91. The van der Waals surface area contributed by atoms with E-state index >= 15 is 0 Å². The number of anilines is 1. The van der Waals surface area contributed by atoms with Gasteiger partial charge in [0.15, 0.2) is 5.96 Å². The summed E-state index contributed by atoms with van der Waals surface area (Å²) >= 11 is 0. The van der Waals surface area contributed by atoms with E-state index in [9.17, 15) is 0 Å². The topological polar surface area (TPSA) is 62.4 Å². The molecule has 0 fully saturated rings. The highest BCUT2D eigenvalue weighted by Gasteiger charge is 2.34. The summed E-state index contributed by atoms with van der Waals surface area (Å²) in [5.74, 6) is 0.474. The Morgan fingerprint density at radius 1 is 1.38 bits per heavy atom. The molecule has 0 saturated carbocycles. The Balaban J connectivity index is 2.53. The molecule has 1 aliphatic rings. The first-order chi connectivity index (χ1) is 7.72. The summed E-state index contributed by atoms with van der Waals surface area (Å²) in [6.45, 7) is 5.05. The molecular formula is C12H18N4. The Labute approximate surface area is 96.0 Å². The van der Waals surface area contributed by atoms with E-state index in [-0.39, 0.29) is 5.66 Å². The molecule has 0 amide bonds. The average molecular weight is 218 g/mol. The number of nitrogens with two attached hydrogens (primary N) is 1. The Bertz CT molecular complexity index is 413. The van der Waals surface area contributed by atoms with E-state index < -0.39 is 0 Å². The molecule has 0 saturated heterocycles. The van der Waals surface area contributed by atoms with Crippen LogP contribution in [-0.2, 0) is 5.66 Å². The number of aliphatic imine (C=N–C) groups is 1. The van der Waals surface area contributed by atoms with Crippen LogP contribution in [0, 0.1) is 0 Å². The number of hydrogen-bond donors (Lipinski definition) is 3. The summed E-state index contributed by atoms with van der Waals surface area (Å²) in [5, 5.41) is 6.52. The molecule has 1 unspecified atom stereocenters. The molecule has 86 valence electrons. The number of para-hydroxylation sites is 1. The summed E-state index contributed by atoms with van der Waals surface area (Å²) in [6, 6.07) is 8.14. The van der Waals surface area contributed by atoms with E-state index in [1.807, 2.05) is 18.2 Å². The van der Waals surface area contributed by atoms with Crippen molar-refractivity contribution in [3.8, 4) is 0 Å². The summed E-state index contributed by atoms with van der Waals surface area (Å²) in [5.41, 5.74) is 7.66. The lowest BCUT2D eigenvalue weighted by Crippen LogP contribution is -2.46. The van der Waals surface area contributed by atoms with E-state index in [0.717, 1.165) is 24.2 Å². The lowest BCUT2D eigenvalue weighted by Gasteiger charge is -2.35. The average Bonchev–Trinajstić information content (AvgIpc) is 2.29. The predicted molar refractivity (Wildman–Crippen MR) is 67.3 cm³/mol. The summed E-state index contributed by atoms with van der Waals surface area (Å²) in [4.78, 5) is 4.54. The Hall–Kier alpha value is -1.55. The van der Waals surface area contributed by atoms with Crippen molar-refractivity contribution in [2.75, 3.05) is 11.9 Å². The van der Waals surface area contributed by atoms with Gasteiger partial charge in [-0.15, -0.1) is 0 Å². The molecule has 0 spiro atoms. The van der Waals surface area contributed by atoms with Crippen LogP contribution in [0.15, 0.2) is 29.3 Å². The van der Waals surface area contributed by atoms with Gasteiger partial charge in [0.05, 0.1) is 0 Å². The summed E-state index contributed by atoms with van der Waals surface area (Å²) in [6.07, 6.45) is 0.875. The van der Waals surface area contributed by atoms with Gasteiger partial charge in [-0.25, -0.2) is 4.99 Å². The molecule has 1 aromatic rings. The molecule has 0 aromatic heterocycles. The lowest BCUT2D eigenvalue weighted by molar-refractivity contribution is 0.342. The van der Waals surface area contributed by atoms with Gasteiger partial charge in [0.2, 0.25) is 0 Å². The normalized spacial score (nSPS) is 23.2. The highest BCUT2D eigenvalue weighted by Crippen LogP contribution is 2.35. The molecule has 1 aromatic carbocycles. The molecule has 0 radical (unpaired) electrons. The number of nitrogens with zero attached hydrogens (tertiary/aromatic N) is 1. The zero-order chi connectivity index (χ0) is 11.6. The number of benzene rings is 1. The molecular weight excluding hydrogens is 200 g/mol. The van der Waals surface area contributed by atoms with Crippen molar-refractivity contribution in [2.24, 2.45) is 10.7 Å². The molecule has 16 heavy (non-hydrogen) atoms. The largest absolute Gasteiger partial charge is 0.370 e. The van der Waals surface area contributed by atoms with Crippen LogP contribution in [0.25, 0.3) is 0 Å². The molecule has 1 aliphatic heterocycles. The minimum Gasteiger partial charge on any atom is -0.370 e. The Kier molecular flexibility index (Phi) is 2.83. The molecule has 4 N–H and O–H groups in total. The first kappa shape index (κ1) is 11.0. The van der Waals surface area contributed by atoms with Crippen LogP contribution in [0.4, 0.5) is 5.69 Å². The predicted octanol–water partition coefficient (Wildman–Crippen LogP) is 1.60. The van der Waals surface area contributed by atoms with E-state index in [4.69, 9.17) is 5.73 Å². The van der Waals surface area contributed by atoms with E-state index in [1.54, 1.807) is 0 Å². The standard InChI is InChI=1S/C12H18N4/c1-3-12(14-4-2)9-7-5-6-8-10(9)15-11(13)16-12/h5-8,14H,3-4H2,1-2H3,(H3,13,15,16). The summed E-state index contributed by atoms with van der Waals surface area (Å²) in [7, 11) is 0. The van der Waals surface area contributed by atoms with Gasteiger partial charge in [-0.3, -0.25) is 5.32 Å². The van der Waals surface area contributed by atoms with Crippen molar-refractivity contribution in [3.63, 3.8) is 0 Å². The maximum Gasteiger partial charge on any atom is 0.195 e. The third-order valence-corrected chi connectivity index (χ3v) is 2.93. The van der Waals surface area contributed by atoms with Crippen LogP contribution in [0.3, 0.4) is 0 Å². The zero-order valence-electron chi connectivity index (χ0n) is 9.75. The lowest BCUT2D eigenvalue weighted by atomic mass is 9.94. The van der Waals surface area contributed by atoms with Gasteiger partial charge < -0.3 is 11.1 Å². The minimum atomic E-state index is -0.374. The van der Waals surface area contributed by atoms with E-state index in [1.165, 1.54) is 0 Å². The number of guanidine groups is 1. The van der Waals surface area contributed by atoms with Gasteiger partial charge in [-0.05, 0) is 19.0 Å². The molecule has 4 heteroatoms. The fourth-order valence-corrected chi connectivity index (χ4v) is 2.21. The van der Waals surface area contributed by atoms with Crippen molar-refractivity contribution in [3.05, 3.63) is 29.8 Å². The molecule has 0 aliphatic carbocycles. The van der Waals surface area contributed by atoms with Crippen molar-refractivity contribution in [1.29, 1.82) is 0 Å². The van der Waals surface area contributed by atoms with E-state index in [0.29, 0.717) is 5.96 Å². The maximum absolute atomic E-state index is 5.83. The quantitative estimate of drug-likeness (QED) is 0.722. The first-order valence-corrected chi connectivity index (χ1v) is 5.68. The van der Waals surface area contributed by atoms with Gasteiger partial charge in [0.25, 0.3) is 0 Å². The van der Waals surface area contributed by atoms with Crippen LogP contribution in [0.5, 0.6) is 0 Å². The second-order valence-electron chi connectivity index (χ2n) is 3.91. The fourth-order valence-electron chi connectivity index (χ4n) is 2.21. The third-order valence-electron chi connectivity index (χ3n) is 2.93. The van der Waals surface area contributed by atoms with Gasteiger partial charge in [-0.1, -0.05) is 32.0 Å². The van der Waals surface area contributed by atoms with Gasteiger partial charge in [0, 0.05) is 11.3 Å². The molecule has 4 nitrogen and oxygen atoms in total. The van der Waals surface area contributed by atoms with Crippen molar-refractivity contribution in [2.45, 2.75) is 25.9 Å². The molecule has 0 bridgehead atoms. The van der Waals surface area contributed by atoms with Crippen molar-refractivity contribution < 1.29 is 0 Å². The maximum atomic E-state index is 5.83. The highest BCUT2D eigenvalue weighted by atomic mass is 15.2. The van der Waals surface area contributed by atoms with Crippen LogP contribution in [-0.4, -0.2) is 12.5 Å². The minimum absolute atomic E-state index is 0.374. The molecule has 1 atom stereocenters. The smallest absolute Gasteiger partial charge is 0.195 e. The Morgan fingerprint density at radius 3 is 2.81 bits per heavy atom. The summed E-state index contributed by atoms with van der Waals surface area (Å²) < 4.78 is 0. The van der Waals surface area contributed by atoms with Crippen LogP contribution < -0.4 is 16.4 Å². The van der Waals surface area contributed by atoms with Gasteiger partial charge >= 0.3 is 0 Å². The van der Waals surface area contributed by atoms with Crippen molar-refractivity contribution >= 4 is 11.6 Å². The number of fused-ring (bicyclic) bond motifs is 1. The molecule has 2 rings (SSSR count). The van der Waals surface area contributed by atoms with Gasteiger partial charge in [0.1, 0.15) is 5.66 Å². The monoisotopic (exact) mass is 218 g/mol. The first-order valence-electron chi connectivity index (χ1n) is 5.68. The highest BCUT2D eigenvalue weighted by molar-refractivity contribution is 5.95. The SMILES string of the molecule is CCNC1(CC)N=C(N)Nc2ccccc21. The number of nitrogens with one attached hydrogen (secondary N) is 2. The van der Waals surface area contributed by atoms with Crippen LogP contribution >= 0.6 is 0 Å².